The van der Waals surface area contributed by atoms with Crippen LogP contribution in [0, 0.1) is 19.8 Å². The number of anilines is 1. The number of amides is 1. The van der Waals surface area contributed by atoms with Crippen molar-refractivity contribution in [1.29, 1.82) is 0 Å². The number of nitrogens with zero attached hydrogens (tertiary/aromatic N) is 3. The molecule has 0 atom stereocenters. The van der Waals surface area contributed by atoms with Crippen LogP contribution in [0.15, 0.2) is 52.3 Å². The molecule has 188 valence electrons. The Bertz CT molecular complexity index is 1030. The van der Waals surface area contributed by atoms with E-state index in [1.54, 1.807) is 4.90 Å². The van der Waals surface area contributed by atoms with E-state index < -0.39 is 0 Å². The zero-order valence-corrected chi connectivity index (χ0v) is 21.7. The zero-order valence-electron chi connectivity index (χ0n) is 20.9. The van der Waals surface area contributed by atoms with Crippen molar-refractivity contribution >= 4 is 29.5 Å². The molecule has 0 spiro atoms. The summed E-state index contributed by atoms with van der Waals surface area (Å²) in [6, 6.07) is 15.2. The maximum atomic E-state index is 12.5. The monoisotopic (exact) mass is 497 g/mol. The highest BCUT2D eigenvalue weighted by Gasteiger charge is 2.29. The Balaban J connectivity index is 1.26. The Morgan fingerprint density at radius 1 is 0.943 bits per heavy atom. The van der Waals surface area contributed by atoms with Gasteiger partial charge >= 0.3 is 12.1 Å². The Morgan fingerprint density at radius 3 is 2.34 bits per heavy atom. The standard InChI is InChI=1S/C27H35N3O4S/c1-20-8-9-24(21(2)18-20)35-25-7-5-4-6-23(25)29-16-14-28(15-17-29)19-34-26(31)22-10-12-30(13-11-22)27(32)33-3/h4-9,18,22H,10-17,19H2,1-3H3. The van der Waals surface area contributed by atoms with Gasteiger partial charge < -0.3 is 19.3 Å². The summed E-state index contributed by atoms with van der Waals surface area (Å²) >= 11 is 1.82. The maximum absolute atomic E-state index is 12.5. The first-order chi connectivity index (χ1) is 16.9. The molecule has 1 amide bonds. The van der Waals surface area contributed by atoms with E-state index >= 15 is 0 Å². The molecule has 0 saturated carbocycles. The van der Waals surface area contributed by atoms with Gasteiger partial charge in [0.2, 0.25) is 0 Å². The molecule has 0 radical (unpaired) electrons. The quantitative estimate of drug-likeness (QED) is 0.543. The summed E-state index contributed by atoms with van der Waals surface area (Å²) in [5, 5.41) is 0. The van der Waals surface area contributed by atoms with Crippen molar-refractivity contribution in [2.24, 2.45) is 5.92 Å². The summed E-state index contributed by atoms with van der Waals surface area (Å²) in [6.45, 7) is 9.14. The normalized spacial score (nSPS) is 17.3. The number of ether oxygens (including phenoxy) is 2. The van der Waals surface area contributed by atoms with Crippen LogP contribution in [-0.2, 0) is 14.3 Å². The fraction of sp³-hybridized carbons (Fsp3) is 0.481. The predicted molar refractivity (Wildman–Crippen MR) is 138 cm³/mol. The van der Waals surface area contributed by atoms with Crippen LogP contribution in [0.1, 0.15) is 24.0 Å². The molecule has 0 unspecified atom stereocenters. The van der Waals surface area contributed by atoms with Crippen LogP contribution in [0.3, 0.4) is 0 Å². The number of carbonyl (C=O) groups is 2. The summed E-state index contributed by atoms with van der Waals surface area (Å²) in [7, 11) is 1.38. The predicted octanol–water partition coefficient (Wildman–Crippen LogP) is 4.56. The number of methoxy groups -OCH3 is 1. The van der Waals surface area contributed by atoms with Gasteiger partial charge in [-0.25, -0.2) is 4.79 Å². The molecule has 0 aromatic heterocycles. The molecule has 4 rings (SSSR count). The largest absolute Gasteiger partial charge is 0.453 e. The summed E-state index contributed by atoms with van der Waals surface area (Å²) in [4.78, 5) is 33.0. The molecule has 8 heteroatoms. The van der Waals surface area contributed by atoms with Gasteiger partial charge in [0.1, 0.15) is 6.73 Å². The molecule has 0 aliphatic carbocycles. The number of rotatable bonds is 6. The first-order valence-corrected chi connectivity index (χ1v) is 13.1. The maximum Gasteiger partial charge on any atom is 0.409 e. The Labute approximate surface area is 212 Å². The van der Waals surface area contributed by atoms with Gasteiger partial charge in [-0.3, -0.25) is 9.69 Å². The highest BCUT2D eigenvalue weighted by Crippen LogP contribution is 2.37. The van der Waals surface area contributed by atoms with E-state index in [0.29, 0.717) is 32.7 Å². The lowest BCUT2D eigenvalue weighted by molar-refractivity contribution is -0.155. The van der Waals surface area contributed by atoms with Crippen LogP contribution in [0.4, 0.5) is 10.5 Å². The minimum atomic E-state index is -0.330. The Morgan fingerprint density at radius 2 is 1.66 bits per heavy atom. The second-order valence-electron chi connectivity index (χ2n) is 9.27. The molecule has 2 heterocycles. The van der Waals surface area contributed by atoms with Crippen molar-refractivity contribution in [1.82, 2.24) is 9.80 Å². The summed E-state index contributed by atoms with van der Waals surface area (Å²) < 4.78 is 10.4. The molecule has 7 nitrogen and oxygen atoms in total. The van der Waals surface area contributed by atoms with E-state index in [2.05, 4.69) is 66.1 Å². The van der Waals surface area contributed by atoms with E-state index in [-0.39, 0.29) is 18.0 Å². The number of piperidine rings is 1. The smallest absolute Gasteiger partial charge is 0.409 e. The SMILES string of the molecule is COC(=O)N1CCC(C(=O)OCN2CCN(c3ccccc3Sc3ccc(C)cc3C)CC2)CC1. The van der Waals surface area contributed by atoms with Crippen molar-refractivity contribution in [3.63, 3.8) is 0 Å². The van der Waals surface area contributed by atoms with Crippen molar-refractivity contribution in [3.8, 4) is 0 Å². The average molecular weight is 498 g/mol. The summed E-state index contributed by atoms with van der Waals surface area (Å²) in [5.74, 6) is -0.307. The Kier molecular flexibility index (Phi) is 8.57. The van der Waals surface area contributed by atoms with Crippen LogP contribution in [0.2, 0.25) is 0 Å². The molecule has 2 aliphatic heterocycles. The van der Waals surface area contributed by atoms with Crippen LogP contribution in [-0.4, -0.2) is 75.0 Å². The molecular formula is C27H35N3O4S. The molecule has 35 heavy (non-hydrogen) atoms. The molecule has 2 aliphatic rings. The highest BCUT2D eigenvalue weighted by molar-refractivity contribution is 7.99. The number of para-hydroxylation sites is 1. The topological polar surface area (TPSA) is 62.3 Å². The number of likely N-dealkylation sites (tertiary alicyclic amines) is 1. The second-order valence-corrected chi connectivity index (χ2v) is 10.4. The fourth-order valence-corrected chi connectivity index (χ4v) is 5.70. The molecule has 2 aromatic carbocycles. The van der Waals surface area contributed by atoms with Crippen LogP contribution < -0.4 is 4.90 Å². The third-order valence-electron chi connectivity index (χ3n) is 6.78. The molecule has 0 N–H and O–H groups in total. The van der Waals surface area contributed by atoms with E-state index in [0.717, 1.165) is 26.2 Å². The van der Waals surface area contributed by atoms with E-state index in [4.69, 9.17) is 9.47 Å². The summed E-state index contributed by atoms with van der Waals surface area (Å²) in [6.07, 6.45) is 0.913. The number of hydrogen-bond donors (Lipinski definition) is 0. The molecule has 0 bridgehead atoms. The average Bonchev–Trinajstić information content (AvgIpc) is 2.89. The lowest BCUT2D eigenvalue weighted by Gasteiger charge is -2.37. The number of aryl methyl sites for hydroxylation is 2. The van der Waals surface area contributed by atoms with Crippen molar-refractivity contribution < 1.29 is 19.1 Å². The van der Waals surface area contributed by atoms with E-state index in [9.17, 15) is 9.59 Å². The van der Waals surface area contributed by atoms with Gasteiger partial charge in [-0.1, -0.05) is 41.6 Å². The third kappa shape index (κ3) is 6.49. The van der Waals surface area contributed by atoms with Crippen LogP contribution >= 0.6 is 11.8 Å². The zero-order chi connectivity index (χ0) is 24.8. The van der Waals surface area contributed by atoms with Gasteiger partial charge in [0.25, 0.3) is 0 Å². The molecular weight excluding hydrogens is 462 g/mol. The van der Waals surface area contributed by atoms with Crippen molar-refractivity contribution in [2.75, 3.05) is 58.0 Å². The van der Waals surface area contributed by atoms with Gasteiger partial charge in [0.05, 0.1) is 18.7 Å². The lowest BCUT2D eigenvalue weighted by Crippen LogP contribution is -2.48. The first-order valence-electron chi connectivity index (χ1n) is 12.3. The van der Waals surface area contributed by atoms with E-state index in [1.807, 2.05) is 11.8 Å². The van der Waals surface area contributed by atoms with Gasteiger partial charge in [0.15, 0.2) is 0 Å². The Hall–Kier alpha value is -2.71. The van der Waals surface area contributed by atoms with Crippen LogP contribution in [0.25, 0.3) is 0 Å². The lowest BCUT2D eigenvalue weighted by atomic mass is 9.97. The minimum absolute atomic E-state index is 0.147. The first kappa shape index (κ1) is 25.4. The molecule has 2 saturated heterocycles. The van der Waals surface area contributed by atoms with Crippen LogP contribution in [0.5, 0.6) is 0 Å². The van der Waals surface area contributed by atoms with E-state index in [1.165, 1.54) is 33.7 Å². The van der Waals surface area contributed by atoms with Gasteiger partial charge in [-0.15, -0.1) is 0 Å². The molecule has 2 aromatic rings. The number of esters is 1. The number of hydrogen-bond acceptors (Lipinski definition) is 7. The van der Waals surface area contributed by atoms with Crippen molar-refractivity contribution in [2.45, 2.75) is 36.5 Å². The van der Waals surface area contributed by atoms with Crippen molar-refractivity contribution in [3.05, 3.63) is 53.6 Å². The highest BCUT2D eigenvalue weighted by atomic mass is 32.2. The third-order valence-corrected chi connectivity index (χ3v) is 8.02. The number of benzene rings is 2. The fourth-order valence-electron chi connectivity index (χ4n) is 4.65. The number of piperazine rings is 1. The van der Waals surface area contributed by atoms with Gasteiger partial charge in [-0.05, 0) is 50.5 Å². The second kappa shape index (κ2) is 11.8. The minimum Gasteiger partial charge on any atom is -0.453 e. The van der Waals surface area contributed by atoms with Gasteiger partial charge in [0, 0.05) is 49.1 Å². The molecule has 2 fully saturated rings. The summed E-state index contributed by atoms with van der Waals surface area (Å²) in [5.41, 5.74) is 3.84. The van der Waals surface area contributed by atoms with Gasteiger partial charge in [-0.2, -0.15) is 0 Å². The number of carbonyl (C=O) groups excluding carboxylic acids is 2.